The number of hydrogen-bond donors (Lipinski definition) is 1. The molecule has 0 spiro atoms. The summed E-state index contributed by atoms with van der Waals surface area (Å²) < 4.78 is 71.0. The molecule has 1 unspecified atom stereocenters. The first-order valence-corrected chi connectivity index (χ1v) is 11.7. The Balaban J connectivity index is 1.74. The minimum Gasteiger partial charge on any atom is -0.496 e. The minimum atomic E-state index is -4.67. The highest BCUT2D eigenvalue weighted by Gasteiger charge is 2.49. The first-order valence-electron chi connectivity index (χ1n) is 11.7. The van der Waals surface area contributed by atoms with E-state index in [2.05, 4.69) is 5.32 Å². The summed E-state index contributed by atoms with van der Waals surface area (Å²) in [6.45, 7) is -0.115. The number of amides is 3. The number of fused-ring (bicyclic) bond motifs is 3. The van der Waals surface area contributed by atoms with E-state index < -0.39 is 59.7 Å². The second kappa shape index (κ2) is 10.1. The van der Waals surface area contributed by atoms with E-state index in [-0.39, 0.29) is 34.6 Å². The number of furan rings is 1. The van der Waals surface area contributed by atoms with Gasteiger partial charge in [0, 0.05) is 26.2 Å². The van der Waals surface area contributed by atoms with Gasteiger partial charge in [0.05, 0.1) is 18.1 Å². The lowest BCUT2D eigenvalue weighted by atomic mass is 9.98. The van der Waals surface area contributed by atoms with Crippen LogP contribution < -0.4 is 14.8 Å². The molecule has 1 aliphatic rings. The molecule has 2 heterocycles. The quantitative estimate of drug-likeness (QED) is 0.470. The van der Waals surface area contributed by atoms with Gasteiger partial charge in [-0.1, -0.05) is 6.07 Å². The average molecular weight is 551 g/mol. The van der Waals surface area contributed by atoms with Crippen LogP contribution in [-0.2, 0) is 22.3 Å². The normalized spacial score (nSPS) is 17.3. The van der Waals surface area contributed by atoms with Gasteiger partial charge in [0.25, 0.3) is 5.91 Å². The molecule has 1 aromatic heterocycles. The number of nitrogens with zero attached hydrogens (tertiary/aromatic N) is 2. The summed E-state index contributed by atoms with van der Waals surface area (Å²) in [6, 6.07) is 6.77. The monoisotopic (exact) mass is 551 g/mol. The fourth-order valence-electron chi connectivity index (χ4n) is 4.14. The van der Waals surface area contributed by atoms with E-state index >= 15 is 0 Å². The van der Waals surface area contributed by atoms with Gasteiger partial charge in [0.2, 0.25) is 17.6 Å². The number of ether oxygens (including phenoxy) is 2. The Hall–Kier alpha value is -4.29. The molecule has 3 amide bonds. The smallest absolute Gasteiger partial charge is 0.416 e. The van der Waals surface area contributed by atoms with Gasteiger partial charge in [-0.25, -0.2) is 4.39 Å². The van der Waals surface area contributed by atoms with Crippen LogP contribution in [0.2, 0.25) is 0 Å². The van der Waals surface area contributed by atoms with Crippen LogP contribution in [0.1, 0.15) is 28.6 Å². The van der Waals surface area contributed by atoms with E-state index in [1.165, 1.54) is 51.2 Å². The number of carbonyl (C=O) groups excluding carboxylic acids is 3. The molecule has 0 aliphatic carbocycles. The number of likely N-dealkylation sites (N-methyl/N-ethyl adjacent to an activating group) is 1. The average Bonchev–Trinajstić information content (AvgIpc) is 3.21. The standard InChI is InChI=1S/C26H25F4N3O6/c1-25(24(36)31-11-16-17(27)6-5-7-18(16)37-4)13-38-21-15-10-14(26(28,29)30)8-9-19(15)39-22(21)23(35)33(25)12-20(34)32(2)3/h5-10H,11-13H2,1-4H3,(H,31,36). The third-order valence-electron chi connectivity index (χ3n) is 6.51. The largest absolute Gasteiger partial charge is 0.496 e. The Bertz CT molecular complexity index is 1450. The van der Waals surface area contributed by atoms with E-state index in [0.717, 1.165) is 23.1 Å². The zero-order valence-corrected chi connectivity index (χ0v) is 21.4. The molecule has 13 heteroatoms. The Morgan fingerprint density at radius 3 is 2.56 bits per heavy atom. The molecule has 208 valence electrons. The van der Waals surface area contributed by atoms with Gasteiger partial charge in [-0.15, -0.1) is 0 Å². The molecule has 0 fully saturated rings. The lowest BCUT2D eigenvalue weighted by Gasteiger charge is -2.37. The van der Waals surface area contributed by atoms with Crippen LogP contribution in [0.3, 0.4) is 0 Å². The number of alkyl halides is 3. The summed E-state index contributed by atoms with van der Waals surface area (Å²) in [7, 11) is 4.24. The summed E-state index contributed by atoms with van der Waals surface area (Å²) >= 11 is 0. The number of halogens is 4. The molecule has 2 aromatic carbocycles. The molecule has 3 aromatic rings. The zero-order valence-electron chi connectivity index (χ0n) is 21.4. The number of benzene rings is 2. The van der Waals surface area contributed by atoms with Crippen molar-refractivity contribution in [2.75, 3.05) is 34.4 Å². The Labute approximate surface area is 220 Å². The highest BCUT2D eigenvalue weighted by molar-refractivity contribution is 6.06. The molecule has 4 rings (SSSR count). The third-order valence-corrected chi connectivity index (χ3v) is 6.51. The van der Waals surface area contributed by atoms with E-state index in [9.17, 15) is 31.9 Å². The second-order valence-corrected chi connectivity index (χ2v) is 9.31. The molecule has 0 radical (unpaired) electrons. The third kappa shape index (κ3) is 5.08. The van der Waals surface area contributed by atoms with Crippen molar-refractivity contribution in [2.45, 2.75) is 25.2 Å². The van der Waals surface area contributed by atoms with Crippen LogP contribution >= 0.6 is 0 Å². The Kier molecular flexibility index (Phi) is 7.19. The van der Waals surface area contributed by atoms with Crippen molar-refractivity contribution in [2.24, 2.45) is 0 Å². The van der Waals surface area contributed by atoms with Crippen LogP contribution in [0.15, 0.2) is 40.8 Å². The summed E-state index contributed by atoms with van der Waals surface area (Å²) in [5, 5.41) is 2.44. The van der Waals surface area contributed by atoms with E-state index in [4.69, 9.17) is 13.9 Å². The number of methoxy groups -OCH3 is 1. The molecular weight excluding hydrogens is 526 g/mol. The molecule has 39 heavy (non-hydrogen) atoms. The lowest BCUT2D eigenvalue weighted by molar-refractivity contribution is -0.138. The molecule has 1 aliphatic heterocycles. The highest BCUT2D eigenvalue weighted by Crippen LogP contribution is 2.41. The Morgan fingerprint density at radius 2 is 1.92 bits per heavy atom. The zero-order chi connectivity index (χ0) is 28.7. The summed E-state index contributed by atoms with van der Waals surface area (Å²) in [5.74, 6) is -3.49. The number of rotatable bonds is 6. The molecule has 1 atom stereocenters. The Morgan fingerprint density at radius 1 is 1.21 bits per heavy atom. The van der Waals surface area contributed by atoms with E-state index in [1.807, 2.05) is 0 Å². The van der Waals surface area contributed by atoms with Crippen molar-refractivity contribution in [1.29, 1.82) is 0 Å². The molecule has 0 saturated carbocycles. The maximum atomic E-state index is 14.4. The lowest BCUT2D eigenvalue weighted by Crippen LogP contribution is -2.62. The first kappa shape index (κ1) is 27.7. The van der Waals surface area contributed by atoms with Crippen LogP contribution in [0.5, 0.6) is 11.5 Å². The molecule has 1 N–H and O–H groups in total. The maximum Gasteiger partial charge on any atom is 0.416 e. The predicted octanol–water partition coefficient (Wildman–Crippen LogP) is 3.60. The van der Waals surface area contributed by atoms with Gasteiger partial charge >= 0.3 is 6.18 Å². The van der Waals surface area contributed by atoms with Crippen molar-refractivity contribution in [3.63, 3.8) is 0 Å². The predicted molar refractivity (Wildman–Crippen MR) is 130 cm³/mol. The molecular formula is C26H25F4N3O6. The minimum absolute atomic E-state index is 0.0417. The maximum absolute atomic E-state index is 14.4. The van der Waals surface area contributed by atoms with Crippen LogP contribution in [-0.4, -0.2) is 67.4 Å². The van der Waals surface area contributed by atoms with Gasteiger partial charge in [0.1, 0.15) is 30.3 Å². The van der Waals surface area contributed by atoms with Crippen LogP contribution in [0, 0.1) is 5.82 Å². The van der Waals surface area contributed by atoms with Crippen molar-refractivity contribution >= 4 is 28.7 Å². The number of nitrogens with one attached hydrogen (secondary N) is 1. The van der Waals surface area contributed by atoms with Gasteiger partial charge < -0.3 is 29.0 Å². The topological polar surface area (TPSA) is 101 Å². The van der Waals surface area contributed by atoms with E-state index in [1.54, 1.807) is 0 Å². The van der Waals surface area contributed by atoms with Crippen molar-refractivity contribution in [3.8, 4) is 11.5 Å². The van der Waals surface area contributed by atoms with Crippen LogP contribution in [0.25, 0.3) is 11.0 Å². The molecule has 0 bridgehead atoms. The van der Waals surface area contributed by atoms with Gasteiger partial charge in [-0.3, -0.25) is 14.4 Å². The fourth-order valence-corrected chi connectivity index (χ4v) is 4.14. The number of carbonyl (C=O) groups is 3. The van der Waals surface area contributed by atoms with Gasteiger partial charge in [-0.2, -0.15) is 13.2 Å². The summed E-state index contributed by atoms with van der Waals surface area (Å²) in [6.07, 6.45) is -4.67. The summed E-state index contributed by atoms with van der Waals surface area (Å²) in [4.78, 5) is 42.0. The molecule has 0 saturated heterocycles. The van der Waals surface area contributed by atoms with Crippen molar-refractivity contribution in [1.82, 2.24) is 15.1 Å². The van der Waals surface area contributed by atoms with Gasteiger partial charge in [-0.05, 0) is 37.3 Å². The van der Waals surface area contributed by atoms with Crippen molar-refractivity contribution < 1.29 is 45.8 Å². The number of hydrogen-bond acceptors (Lipinski definition) is 6. The van der Waals surface area contributed by atoms with Gasteiger partial charge in [0.15, 0.2) is 11.3 Å². The van der Waals surface area contributed by atoms with Crippen LogP contribution in [0.4, 0.5) is 17.6 Å². The van der Waals surface area contributed by atoms with E-state index in [0.29, 0.717) is 0 Å². The highest BCUT2D eigenvalue weighted by atomic mass is 19.4. The molecule has 9 nitrogen and oxygen atoms in total. The SMILES string of the molecule is COc1cccc(F)c1CNC(=O)C1(C)COc2c(oc3ccc(C(F)(F)F)cc23)C(=O)N1CC(=O)N(C)C. The summed E-state index contributed by atoms with van der Waals surface area (Å²) in [5.41, 5.74) is -2.83. The first-order chi connectivity index (χ1) is 18.3. The second-order valence-electron chi connectivity index (χ2n) is 9.31. The fraction of sp³-hybridized carbons (Fsp3) is 0.346. The van der Waals surface area contributed by atoms with Crippen molar-refractivity contribution in [3.05, 3.63) is 59.1 Å².